The Hall–Kier alpha value is -1.49. The summed E-state index contributed by atoms with van der Waals surface area (Å²) in [6.07, 6.45) is 3.91. The lowest BCUT2D eigenvalue weighted by Gasteiger charge is -2.52. The first-order chi connectivity index (χ1) is 11.7. The highest BCUT2D eigenvalue weighted by atomic mass is 35.5. The van der Waals surface area contributed by atoms with Gasteiger partial charge in [-0.05, 0) is 70.1 Å². The van der Waals surface area contributed by atoms with Crippen LogP contribution in [-0.4, -0.2) is 35.7 Å². The molecule has 1 N–H and O–H groups in total. The average Bonchev–Trinajstić information content (AvgIpc) is 2.47. The maximum atomic E-state index is 13.1. The molecule has 1 heterocycles. The van der Waals surface area contributed by atoms with Gasteiger partial charge in [0.15, 0.2) is 0 Å². The Kier molecular flexibility index (Phi) is 4.89. The van der Waals surface area contributed by atoms with Crippen molar-refractivity contribution in [1.29, 1.82) is 0 Å². The molecule has 0 aromatic heterocycles. The van der Waals surface area contributed by atoms with Crippen LogP contribution in [0.3, 0.4) is 0 Å². The molecule has 1 saturated heterocycles. The summed E-state index contributed by atoms with van der Waals surface area (Å²) in [6.45, 7) is 7.16. The number of piperidine rings is 1. The van der Waals surface area contributed by atoms with Crippen molar-refractivity contribution >= 4 is 23.4 Å². The van der Waals surface area contributed by atoms with Crippen molar-refractivity contribution in [1.82, 2.24) is 4.90 Å². The lowest BCUT2D eigenvalue weighted by Crippen LogP contribution is -2.53. The first-order valence-electron chi connectivity index (χ1n) is 8.85. The van der Waals surface area contributed by atoms with Gasteiger partial charge < -0.3 is 15.0 Å². The highest BCUT2D eigenvalue weighted by Gasteiger charge is 2.46. The number of carbonyl (C=O) groups is 1. The van der Waals surface area contributed by atoms with E-state index in [4.69, 9.17) is 16.3 Å². The van der Waals surface area contributed by atoms with Crippen molar-refractivity contribution in [2.24, 2.45) is 5.41 Å². The van der Waals surface area contributed by atoms with Crippen LogP contribution in [0.4, 0.5) is 14.9 Å². The van der Waals surface area contributed by atoms with Crippen molar-refractivity contribution in [2.75, 3.05) is 18.4 Å². The third kappa shape index (κ3) is 4.38. The molecule has 4 nitrogen and oxygen atoms in total. The second kappa shape index (κ2) is 6.67. The fourth-order valence-electron chi connectivity index (χ4n) is 3.81. The van der Waals surface area contributed by atoms with Crippen LogP contribution in [0.2, 0.25) is 5.02 Å². The molecule has 1 spiro atoms. The zero-order chi connectivity index (χ0) is 18.2. The molecule has 6 heteroatoms. The highest BCUT2D eigenvalue weighted by Crippen LogP contribution is 2.50. The standard InChI is InChI=1S/C19H26ClFN2O2/c1-18(2,3)25-17(24)23-8-6-19(7-9-23)11-14(12-19)22-16-5-4-13(21)10-15(16)20/h4-5,10,14,22H,6-9,11-12H2,1-3H3. The molecular weight excluding hydrogens is 343 g/mol. The van der Waals surface area contributed by atoms with E-state index in [9.17, 15) is 9.18 Å². The quantitative estimate of drug-likeness (QED) is 0.792. The molecule has 1 aliphatic heterocycles. The zero-order valence-corrected chi connectivity index (χ0v) is 15.8. The van der Waals surface area contributed by atoms with Crippen molar-refractivity contribution in [2.45, 2.75) is 58.1 Å². The first kappa shape index (κ1) is 18.3. The number of halogens is 2. The first-order valence-corrected chi connectivity index (χ1v) is 9.23. The van der Waals surface area contributed by atoms with E-state index in [0.717, 1.165) is 44.5 Å². The largest absolute Gasteiger partial charge is 0.444 e. The van der Waals surface area contributed by atoms with Crippen molar-refractivity contribution in [3.63, 3.8) is 0 Å². The Bertz CT molecular complexity index is 643. The average molecular weight is 369 g/mol. The van der Waals surface area contributed by atoms with Gasteiger partial charge >= 0.3 is 6.09 Å². The molecule has 3 rings (SSSR count). The molecule has 1 aromatic carbocycles. The second-order valence-corrected chi connectivity index (χ2v) is 8.75. The molecule has 1 saturated carbocycles. The van der Waals surface area contributed by atoms with Crippen LogP contribution in [-0.2, 0) is 4.74 Å². The van der Waals surface area contributed by atoms with Crippen LogP contribution in [0, 0.1) is 11.2 Å². The van der Waals surface area contributed by atoms with E-state index < -0.39 is 5.60 Å². The molecule has 138 valence electrons. The van der Waals surface area contributed by atoms with E-state index >= 15 is 0 Å². The molecule has 1 aromatic rings. The van der Waals surface area contributed by atoms with E-state index in [1.165, 1.54) is 12.1 Å². The number of rotatable bonds is 2. The van der Waals surface area contributed by atoms with Gasteiger partial charge in [-0.2, -0.15) is 0 Å². The highest BCUT2D eigenvalue weighted by molar-refractivity contribution is 6.33. The Morgan fingerprint density at radius 1 is 1.32 bits per heavy atom. The zero-order valence-electron chi connectivity index (χ0n) is 15.1. The minimum absolute atomic E-state index is 0.213. The van der Waals surface area contributed by atoms with Crippen LogP contribution >= 0.6 is 11.6 Å². The Labute approximate surface area is 153 Å². The van der Waals surface area contributed by atoms with E-state index in [-0.39, 0.29) is 11.9 Å². The summed E-state index contributed by atoms with van der Waals surface area (Å²) in [5, 5.41) is 3.82. The van der Waals surface area contributed by atoms with Gasteiger partial charge in [0.2, 0.25) is 0 Å². The predicted molar refractivity (Wildman–Crippen MR) is 97.5 cm³/mol. The minimum atomic E-state index is -0.452. The summed E-state index contributed by atoms with van der Waals surface area (Å²) in [5.41, 5.74) is 0.642. The summed E-state index contributed by atoms with van der Waals surface area (Å²) in [7, 11) is 0. The van der Waals surface area contributed by atoms with E-state index in [1.54, 1.807) is 6.07 Å². The molecule has 0 radical (unpaired) electrons. The summed E-state index contributed by atoms with van der Waals surface area (Å²) < 4.78 is 18.6. The van der Waals surface area contributed by atoms with Gasteiger partial charge in [-0.15, -0.1) is 0 Å². The third-order valence-electron chi connectivity index (χ3n) is 5.13. The van der Waals surface area contributed by atoms with Crippen molar-refractivity contribution < 1.29 is 13.9 Å². The maximum Gasteiger partial charge on any atom is 0.410 e. The minimum Gasteiger partial charge on any atom is -0.444 e. The lowest BCUT2D eigenvalue weighted by atomic mass is 9.60. The summed E-state index contributed by atoms with van der Waals surface area (Å²) >= 11 is 6.08. The number of hydrogen-bond donors (Lipinski definition) is 1. The fraction of sp³-hybridized carbons (Fsp3) is 0.632. The normalized spacial score (nSPS) is 20.3. The number of hydrogen-bond acceptors (Lipinski definition) is 3. The van der Waals surface area contributed by atoms with E-state index in [0.29, 0.717) is 16.5 Å². The van der Waals surface area contributed by atoms with E-state index in [1.807, 2.05) is 25.7 Å². The van der Waals surface area contributed by atoms with Gasteiger partial charge in [0.1, 0.15) is 11.4 Å². The molecular formula is C19H26ClFN2O2. The number of ether oxygens (including phenoxy) is 1. The maximum absolute atomic E-state index is 13.1. The third-order valence-corrected chi connectivity index (χ3v) is 5.44. The molecule has 0 unspecified atom stereocenters. The van der Waals surface area contributed by atoms with Gasteiger partial charge in [0.05, 0.1) is 10.7 Å². The Morgan fingerprint density at radius 2 is 1.96 bits per heavy atom. The number of anilines is 1. The lowest BCUT2D eigenvalue weighted by molar-refractivity contribution is -0.00859. The van der Waals surface area contributed by atoms with Crippen LogP contribution in [0.5, 0.6) is 0 Å². The van der Waals surface area contributed by atoms with Crippen LogP contribution < -0.4 is 5.32 Å². The van der Waals surface area contributed by atoms with Crippen LogP contribution in [0.1, 0.15) is 46.5 Å². The van der Waals surface area contributed by atoms with Gasteiger partial charge in [-0.3, -0.25) is 0 Å². The topological polar surface area (TPSA) is 41.6 Å². The summed E-state index contributed by atoms with van der Waals surface area (Å²) in [6, 6.07) is 4.80. The Morgan fingerprint density at radius 3 is 2.52 bits per heavy atom. The van der Waals surface area contributed by atoms with E-state index in [2.05, 4.69) is 5.32 Å². The SMILES string of the molecule is CC(C)(C)OC(=O)N1CCC2(CC1)CC(Nc1ccc(F)cc1Cl)C2. The van der Waals surface area contributed by atoms with Gasteiger partial charge in [-0.1, -0.05) is 11.6 Å². The van der Waals surface area contributed by atoms with Crippen molar-refractivity contribution in [3.05, 3.63) is 29.0 Å². The fourth-order valence-corrected chi connectivity index (χ4v) is 4.03. The predicted octanol–water partition coefficient (Wildman–Crippen LogP) is 5.07. The van der Waals surface area contributed by atoms with Crippen LogP contribution in [0.25, 0.3) is 0 Å². The molecule has 0 atom stereocenters. The number of likely N-dealkylation sites (tertiary alicyclic amines) is 1. The number of amides is 1. The Balaban J connectivity index is 1.47. The number of nitrogens with one attached hydrogen (secondary N) is 1. The van der Waals surface area contributed by atoms with Crippen LogP contribution in [0.15, 0.2) is 18.2 Å². The van der Waals surface area contributed by atoms with Gasteiger partial charge in [-0.25, -0.2) is 9.18 Å². The number of carbonyl (C=O) groups excluding carboxylic acids is 1. The molecule has 1 aliphatic carbocycles. The second-order valence-electron chi connectivity index (χ2n) is 8.34. The molecule has 2 fully saturated rings. The van der Waals surface area contributed by atoms with Crippen molar-refractivity contribution in [3.8, 4) is 0 Å². The monoisotopic (exact) mass is 368 g/mol. The molecule has 25 heavy (non-hydrogen) atoms. The molecule has 2 aliphatic rings. The number of benzene rings is 1. The summed E-state index contributed by atoms with van der Waals surface area (Å²) in [5.74, 6) is -0.324. The molecule has 1 amide bonds. The smallest absolute Gasteiger partial charge is 0.410 e. The van der Waals surface area contributed by atoms with Gasteiger partial charge in [0.25, 0.3) is 0 Å². The van der Waals surface area contributed by atoms with Gasteiger partial charge in [0, 0.05) is 19.1 Å². The summed E-state index contributed by atoms with van der Waals surface area (Å²) in [4.78, 5) is 14.0. The number of nitrogens with zero attached hydrogens (tertiary/aromatic N) is 1. The molecule has 0 bridgehead atoms.